The van der Waals surface area contributed by atoms with Crippen LogP contribution in [0.4, 0.5) is 0 Å². The van der Waals surface area contributed by atoms with Crippen molar-refractivity contribution in [2.75, 3.05) is 6.61 Å². The van der Waals surface area contributed by atoms with Crippen molar-refractivity contribution in [1.29, 1.82) is 5.26 Å². The molecule has 1 aliphatic rings. The molecule has 0 amide bonds. The van der Waals surface area contributed by atoms with E-state index in [1.165, 1.54) is 0 Å². The van der Waals surface area contributed by atoms with Crippen molar-refractivity contribution in [3.8, 4) is 6.07 Å². The Kier molecular flexibility index (Phi) is 3.91. The number of nitrogens with zero attached hydrogens (tertiary/aromatic N) is 2. The summed E-state index contributed by atoms with van der Waals surface area (Å²) in [6, 6.07) is 17.9. The van der Waals surface area contributed by atoms with Crippen LogP contribution in [0.15, 0.2) is 63.3 Å². The first-order valence-corrected chi connectivity index (χ1v) is 7.89. The normalized spacial score (nSPS) is 15.8. The molecule has 0 aliphatic carbocycles. The van der Waals surface area contributed by atoms with Gasteiger partial charge in [-0.2, -0.15) is 5.26 Å². The molecule has 0 fully saturated rings. The SMILES string of the molecule is CC1(C)COC(c2ccc(C#N)cc2Sc2ccccc2)=N1. The molecule has 0 unspecified atom stereocenters. The van der Waals surface area contributed by atoms with Gasteiger partial charge in [0.1, 0.15) is 6.61 Å². The summed E-state index contributed by atoms with van der Waals surface area (Å²) in [5.41, 5.74) is 1.39. The highest BCUT2D eigenvalue weighted by Crippen LogP contribution is 2.33. The van der Waals surface area contributed by atoms with Crippen molar-refractivity contribution < 1.29 is 4.74 Å². The second-order valence-electron chi connectivity index (χ2n) is 5.76. The van der Waals surface area contributed by atoms with Crippen molar-refractivity contribution in [1.82, 2.24) is 0 Å². The number of benzene rings is 2. The van der Waals surface area contributed by atoms with Crippen LogP contribution in [0.25, 0.3) is 0 Å². The average Bonchev–Trinajstić information content (AvgIpc) is 2.88. The predicted molar refractivity (Wildman–Crippen MR) is 88.3 cm³/mol. The highest BCUT2D eigenvalue weighted by atomic mass is 32.2. The molecule has 0 atom stereocenters. The van der Waals surface area contributed by atoms with Gasteiger partial charge in [-0.25, -0.2) is 4.99 Å². The Bertz CT molecular complexity index is 760. The molecule has 3 rings (SSSR count). The molecule has 2 aromatic carbocycles. The van der Waals surface area contributed by atoms with Crippen molar-refractivity contribution in [3.05, 3.63) is 59.7 Å². The number of rotatable bonds is 3. The van der Waals surface area contributed by atoms with E-state index in [1.54, 1.807) is 11.8 Å². The van der Waals surface area contributed by atoms with E-state index < -0.39 is 0 Å². The molecule has 0 saturated carbocycles. The summed E-state index contributed by atoms with van der Waals surface area (Å²) in [7, 11) is 0. The fraction of sp³-hybridized carbons (Fsp3) is 0.222. The van der Waals surface area contributed by atoms with Crippen molar-refractivity contribution in [2.45, 2.75) is 29.2 Å². The highest BCUT2D eigenvalue weighted by molar-refractivity contribution is 7.99. The lowest BCUT2D eigenvalue weighted by Crippen LogP contribution is -2.17. The van der Waals surface area contributed by atoms with Crippen molar-refractivity contribution >= 4 is 17.7 Å². The third-order valence-corrected chi connectivity index (χ3v) is 4.34. The largest absolute Gasteiger partial charge is 0.475 e. The van der Waals surface area contributed by atoms with Crippen LogP contribution in [0.1, 0.15) is 25.0 Å². The zero-order chi connectivity index (χ0) is 15.6. The van der Waals surface area contributed by atoms with Crippen LogP contribution in [0.3, 0.4) is 0 Å². The Hall–Kier alpha value is -2.25. The topological polar surface area (TPSA) is 45.4 Å². The highest BCUT2D eigenvalue weighted by Gasteiger charge is 2.28. The summed E-state index contributed by atoms with van der Waals surface area (Å²) in [4.78, 5) is 6.76. The molecule has 0 bridgehead atoms. The third-order valence-electron chi connectivity index (χ3n) is 3.28. The lowest BCUT2D eigenvalue weighted by atomic mass is 10.1. The van der Waals surface area contributed by atoms with E-state index in [2.05, 4.69) is 23.2 Å². The van der Waals surface area contributed by atoms with Crippen LogP contribution in [0, 0.1) is 11.3 Å². The molecule has 2 aromatic rings. The lowest BCUT2D eigenvalue weighted by Gasteiger charge is -2.09. The number of aliphatic imine (C=N–C) groups is 1. The smallest absolute Gasteiger partial charge is 0.217 e. The minimum absolute atomic E-state index is 0.197. The van der Waals surface area contributed by atoms with Crippen LogP contribution in [-0.4, -0.2) is 18.0 Å². The standard InChI is InChI=1S/C18H16N2OS/c1-18(2)12-21-17(20-18)15-9-8-13(11-19)10-16(15)22-14-6-4-3-5-7-14/h3-10H,12H2,1-2H3. The Morgan fingerprint density at radius 2 is 1.95 bits per heavy atom. The van der Waals surface area contributed by atoms with Crippen LogP contribution in [-0.2, 0) is 4.74 Å². The first-order valence-electron chi connectivity index (χ1n) is 7.07. The van der Waals surface area contributed by atoms with E-state index in [4.69, 9.17) is 10.00 Å². The third kappa shape index (κ3) is 3.15. The molecule has 0 N–H and O–H groups in total. The summed E-state index contributed by atoms with van der Waals surface area (Å²) in [5.74, 6) is 0.660. The van der Waals surface area contributed by atoms with Crippen LogP contribution < -0.4 is 0 Å². The van der Waals surface area contributed by atoms with E-state index in [1.807, 2.05) is 50.2 Å². The van der Waals surface area contributed by atoms with Gasteiger partial charge in [-0.05, 0) is 44.2 Å². The molecule has 3 nitrogen and oxygen atoms in total. The fourth-order valence-corrected chi connectivity index (χ4v) is 3.19. The Morgan fingerprint density at radius 3 is 2.59 bits per heavy atom. The Morgan fingerprint density at radius 1 is 1.18 bits per heavy atom. The maximum absolute atomic E-state index is 9.15. The van der Waals surface area contributed by atoms with Gasteiger partial charge in [-0.15, -0.1) is 0 Å². The van der Waals surface area contributed by atoms with Crippen molar-refractivity contribution in [2.24, 2.45) is 4.99 Å². The summed E-state index contributed by atoms with van der Waals surface area (Å²) >= 11 is 1.62. The maximum atomic E-state index is 9.15. The molecular formula is C18H16N2OS. The van der Waals surface area contributed by atoms with Gasteiger partial charge in [0, 0.05) is 9.79 Å². The lowest BCUT2D eigenvalue weighted by molar-refractivity contribution is 0.279. The number of hydrogen-bond donors (Lipinski definition) is 0. The van der Waals surface area contributed by atoms with E-state index in [-0.39, 0.29) is 5.54 Å². The number of hydrogen-bond acceptors (Lipinski definition) is 4. The number of nitriles is 1. The van der Waals surface area contributed by atoms with E-state index in [0.29, 0.717) is 18.1 Å². The predicted octanol–water partition coefficient (Wildman–Crippen LogP) is 4.26. The minimum Gasteiger partial charge on any atom is -0.475 e. The Labute approximate surface area is 134 Å². The van der Waals surface area contributed by atoms with Gasteiger partial charge < -0.3 is 4.74 Å². The molecule has 0 radical (unpaired) electrons. The molecule has 1 aliphatic heterocycles. The van der Waals surface area contributed by atoms with Gasteiger partial charge in [0.2, 0.25) is 5.90 Å². The second kappa shape index (κ2) is 5.86. The number of ether oxygens (including phenoxy) is 1. The molecule has 4 heteroatoms. The quantitative estimate of drug-likeness (QED) is 0.851. The van der Waals surface area contributed by atoms with Gasteiger partial charge >= 0.3 is 0 Å². The molecule has 110 valence electrons. The zero-order valence-corrected chi connectivity index (χ0v) is 13.4. The van der Waals surface area contributed by atoms with Gasteiger partial charge in [-0.3, -0.25) is 0 Å². The van der Waals surface area contributed by atoms with Crippen LogP contribution in [0.2, 0.25) is 0 Å². The van der Waals surface area contributed by atoms with Crippen molar-refractivity contribution in [3.63, 3.8) is 0 Å². The Balaban J connectivity index is 2.02. The van der Waals surface area contributed by atoms with Gasteiger partial charge in [-0.1, -0.05) is 30.0 Å². The second-order valence-corrected chi connectivity index (χ2v) is 6.87. The van der Waals surface area contributed by atoms with Gasteiger partial charge in [0.05, 0.1) is 22.7 Å². The molecule has 0 spiro atoms. The summed E-state index contributed by atoms with van der Waals surface area (Å²) in [6.45, 7) is 4.68. The summed E-state index contributed by atoms with van der Waals surface area (Å²) in [6.07, 6.45) is 0. The van der Waals surface area contributed by atoms with E-state index in [0.717, 1.165) is 15.4 Å². The van der Waals surface area contributed by atoms with Crippen LogP contribution in [0.5, 0.6) is 0 Å². The van der Waals surface area contributed by atoms with E-state index in [9.17, 15) is 0 Å². The average molecular weight is 308 g/mol. The molecule has 22 heavy (non-hydrogen) atoms. The van der Waals surface area contributed by atoms with Gasteiger partial charge in [0.15, 0.2) is 0 Å². The van der Waals surface area contributed by atoms with E-state index >= 15 is 0 Å². The minimum atomic E-state index is -0.197. The zero-order valence-electron chi connectivity index (χ0n) is 12.5. The molecule has 0 aromatic heterocycles. The fourth-order valence-electron chi connectivity index (χ4n) is 2.19. The molecule has 1 heterocycles. The van der Waals surface area contributed by atoms with Gasteiger partial charge in [0.25, 0.3) is 0 Å². The maximum Gasteiger partial charge on any atom is 0.217 e. The van der Waals surface area contributed by atoms with Crippen LogP contribution >= 0.6 is 11.8 Å². The first-order chi connectivity index (χ1) is 10.6. The monoisotopic (exact) mass is 308 g/mol. The first kappa shape index (κ1) is 14.7. The molecular weight excluding hydrogens is 292 g/mol. The molecule has 0 saturated heterocycles. The summed E-state index contributed by atoms with van der Waals surface area (Å²) in [5, 5.41) is 9.15. The summed E-state index contributed by atoms with van der Waals surface area (Å²) < 4.78 is 5.76.